The predicted molar refractivity (Wildman–Crippen MR) is 119 cm³/mol. The number of unbranched alkanes of at least 4 members (excludes halogenated alkanes) is 12. The zero-order valence-corrected chi connectivity index (χ0v) is 19.3. The summed E-state index contributed by atoms with van der Waals surface area (Å²) in [7, 11) is 1.60. The van der Waals surface area contributed by atoms with Crippen molar-refractivity contribution in [1.82, 2.24) is 0 Å². The third-order valence-corrected chi connectivity index (χ3v) is 5.23. The molecular weight excluding hydrogens is 404 g/mol. The number of halogens is 1. The fraction of sp³-hybridized carbons (Fsp3) is 0.783. The molecule has 0 N–H and O–H groups in total. The summed E-state index contributed by atoms with van der Waals surface area (Å²) >= 11 is 3.23. The highest BCUT2D eigenvalue weighted by Crippen LogP contribution is 2.15. The lowest BCUT2D eigenvalue weighted by atomic mass is 10.0. The lowest BCUT2D eigenvalue weighted by Crippen LogP contribution is -2.07. The summed E-state index contributed by atoms with van der Waals surface area (Å²) in [6, 6.07) is 0. The van der Waals surface area contributed by atoms with Crippen LogP contribution in [0.5, 0.6) is 0 Å². The average molecular weight is 445 g/mol. The lowest BCUT2D eigenvalue weighted by Gasteiger charge is -2.09. The molecule has 0 spiro atoms. The first-order chi connectivity index (χ1) is 13.2. The Morgan fingerprint density at radius 1 is 0.852 bits per heavy atom. The zero-order chi connectivity index (χ0) is 20.2. The Morgan fingerprint density at radius 2 is 1.33 bits per heavy atom. The van der Waals surface area contributed by atoms with Crippen LogP contribution in [0.25, 0.3) is 0 Å². The monoisotopic (exact) mass is 444 g/mol. The third-order valence-electron chi connectivity index (χ3n) is 4.82. The number of hydrogen-bond donors (Lipinski definition) is 0. The van der Waals surface area contributed by atoms with Crippen LogP contribution in [0.1, 0.15) is 103 Å². The van der Waals surface area contributed by atoms with Gasteiger partial charge in [-0.05, 0) is 12.0 Å². The number of methoxy groups -OCH3 is 1. The number of allylic oxidation sites excluding steroid dienone is 1. The molecule has 158 valence electrons. The second kappa shape index (κ2) is 20.0. The smallest absolute Gasteiger partial charge is 0.305 e. The van der Waals surface area contributed by atoms with Crippen LogP contribution in [0.2, 0.25) is 0 Å². The fourth-order valence-electron chi connectivity index (χ4n) is 3.04. The normalized spacial score (nSPS) is 11.4. The van der Waals surface area contributed by atoms with Gasteiger partial charge in [-0.15, -0.1) is 0 Å². The van der Waals surface area contributed by atoms with E-state index in [-0.39, 0.29) is 5.97 Å². The average Bonchev–Trinajstić information content (AvgIpc) is 2.66. The summed E-state index contributed by atoms with van der Waals surface area (Å²) in [5.41, 5.74) is 0.822. The van der Waals surface area contributed by atoms with Crippen molar-refractivity contribution in [1.29, 1.82) is 0 Å². The van der Waals surface area contributed by atoms with E-state index in [0.29, 0.717) is 25.2 Å². The van der Waals surface area contributed by atoms with Crippen LogP contribution >= 0.6 is 15.9 Å². The summed E-state index contributed by atoms with van der Waals surface area (Å²) in [6.45, 7) is 6.55. The van der Waals surface area contributed by atoms with Crippen molar-refractivity contribution in [3.8, 4) is 0 Å². The van der Waals surface area contributed by atoms with Gasteiger partial charge in [0.25, 0.3) is 0 Å². The van der Waals surface area contributed by atoms with E-state index in [9.17, 15) is 4.79 Å². The second-order valence-electron chi connectivity index (χ2n) is 7.24. The van der Waals surface area contributed by atoms with Crippen molar-refractivity contribution in [3.63, 3.8) is 0 Å². The molecule has 0 saturated carbocycles. The van der Waals surface area contributed by atoms with Crippen molar-refractivity contribution < 1.29 is 14.3 Å². The summed E-state index contributed by atoms with van der Waals surface area (Å²) in [4.78, 5) is 13.4. The summed E-state index contributed by atoms with van der Waals surface area (Å²) in [5, 5.41) is 0. The molecule has 0 radical (unpaired) electrons. The topological polar surface area (TPSA) is 35.5 Å². The summed E-state index contributed by atoms with van der Waals surface area (Å²) in [6.07, 6.45) is 18.2. The van der Waals surface area contributed by atoms with Crippen LogP contribution in [-0.4, -0.2) is 19.7 Å². The number of esters is 1. The number of ether oxygens (including phenoxy) is 2. The molecule has 0 aromatic heterocycles. The van der Waals surface area contributed by atoms with E-state index in [1.807, 2.05) is 0 Å². The van der Waals surface area contributed by atoms with Gasteiger partial charge in [-0.1, -0.05) is 106 Å². The molecule has 0 bridgehead atoms. The van der Waals surface area contributed by atoms with Gasteiger partial charge in [0.05, 0.1) is 13.7 Å². The molecule has 0 fully saturated rings. The maximum atomic E-state index is 11.7. The van der Waals surface area contributed by atoms with Crippen molar-refractivity contribution in [2.45, 2.75) is 103 Å². The molecule has 0 saturated heterocycles. The first-order valence-electron chi connectivity index (χ1n) is 10.8. The van der Waals surface area contributed by atoms with Crippen molar-refractivity contribution in [2.75, 3.05) is 13.7 Å². The van der Waals surface area contributed by atoms with Gasteiger partial charge in [0, 0.05) is 17.8 Å². The molecule has 0 aliphatic heterocycles. The van der Waals surface area contributed by atoms with Crippen molar-refractivity contribution in [3.05, 3.63) is 22.9 Å². The molecule has 0 amide bonds. The van der Waals surface area contributed by atoms with E-state index in [4.69, 9.17) is 9.47 Å². The van der Waals surface area contributed by atoms with Gasteiger partial charge in [-0.3, -0.25) is 4.79 Å². The first kappa shape index (κ1) is 26.2. The Labute approximate surface area is 176 Å². The van der Waals surface area contributed by atoms with Gasteiger partial charge < -0.3 is 9.47 Å². The molecule has 0 aromatic rings. The Bertz CT molecular complexity index is 404. The Hall–Kier alpha value is -0.770. The van der Waals surface area contributed by atoms with Crippen LogP contribution in [0.3, 0.4) is 0 Å². The van der Waals surface area contributed by atoms with Gasteiger partial charge in [-0.2, -0.15) is 0 Å². The van der Waals surface area contributed by atoms with Gasteiger partial charge in [-0.25, -0.2) is 0 Å². The molecule has 0 rings (SSSR count). The van der Waals surface area contributed by atoms with E-state index >= 15 is 0 Å². The van der Waals surface area contributed by atoms with Crippen LogP contribution in [0.4, 0.5) is 0 Å². The molecule has 0 aliphatic rings. The molecule has 3 nitrogen and oxygen atoms in total. The minimum atomic E-state index is -0.104. The largest absolute Gasteiger partial charge is 0.496 e. The van der Waals surface area contributed by atoms with Gasteiger partial charge in [0.15, 0.2) is 0 Å². The molecule has 27 heavy (non-hydrogen) atoms. The SMILES string of the molecule is C=C(CCOC(=O)CCCCCCCCCCCCCCC)/C(=C/Br)OC. The lowest BCUT2D eigenvalue weighted by molar-refractivity contribution is -0.143. The van der Waals surface area contributed by atoms with Gasteiger partial charge in [0.1, 0.15) is 5.76 Å². The standard InChI is InChI=1S/C23H41BrO3/c1-4-5-6-7-8-9-10-11-12-13-14-15-16-17-23(25)27-19-18-21(2)22(20-24)26-3/h20H,2,4-19H2,1,3H3/b22-20-. The molecule has 0 aliphatic carbocycles. The summed E-state index contributed by atoms with van der Waals surface area (Å²) in [5.74, 6) is 0.579. The van der Waals surface area contributed by atoms with Crippen LogP contribution in [0, 0.1) is 0 Å². The van der Waals surface area contributed by atoms with Crippen molar-refractivity contribution >= 4 is 21.9 Å². The molecule has 0 heterocycles. The minimum absolute atomic E-state index is 0.104. The highest BCUT2D eigenvalue weighted by molar-refractivity contribution is 9.11. The molecule has 4 heteroatoms. The summed E-state index contributed by atoms with van der Waals surface area (Å²) < 4.78 is 10.4. The van der Waals surface area contributed by atoms with Gasteiger partial charge >= 0.3 is 5.97 Å². The van der Waals surface area contributed by atoms with E-state index in [1.54, 1.807) is 12.1 Å². The molecule has 0 unspecified atom stereocenters. The highest BCUT2D eigenvalue weighted by atomic mass is 79.9. The second-order valence-corrected chi connectivity index (χ2v) is 7.70. The Morgan fingerprint density at radius 3 is 1.78 bits per heavy atom. The van der Waals surface area contributed by atoms with Crippen molar-refractivity contribution in [2.24, 2.45) is 0 Å². The zero-order valence-electron chi connectivity index (χ0n) is 17.7. The van der Waals surface area contributed by atoms with E-state index in [0.717, 1.165) is 18.4 Å². The highest BCUT2D eigenvalue weighted by Gasteiger charge is 2.06. The van der Waals surface area contributed by atoms with E-state index < -0.39 is 0 Å². The maximum Gasteiger partial charge on any atom is 0.305 e. The third kappa shape index (κ3) is 17.1. The first-order valence-corrected chi connectivity index (χ1v) is 11.7. The molecule has 0 aromatic carbocycles. The van der Waals surface area contributed by atoms with Gasteiger partial charge in [0.2, 0.25) is 0 Å². The van der Waals surface area contributed by atoms with E-state index in [1.165, 1.54) is 70.6 Å². The molecular formula is C23H41BrO3. The number of carbonyl (C=O) groups excluding carboxylic acids is 1. The van der Waals surface area contributed by atoms with E-state index in [2.05, 4.69) is 29.4 Å². The van der Waals surface area contributed by atoms with Crippen LogP contribution in [-0.2, 0) is 14.3 Å². The Kier molecular flexibility index (Phi) is 19.4. The van der Waals surface area contributed by atoms with Crippen LogP contribution in [0.15, 0.2) is 22.9 Å². The van der Waals surface area contributed by atoms with Crippen LogP contribution < -0.4 is 0 Å². The maximum absolute atomic E-state index is 11.7. The Balaban J connectivity index is 3.35. The molecule has 0 atom stereocenters. The number of rotatable bonds is 19. The number of hydrogen-bond acceptors (Lipinski definition) is 3. The minimum Gasteiger partial charge on any atom is -0.496 e. The predicted octanol–water partition coefficient (Wildman–Crippen LogP) is 7.84. The quantitative estimate of drug-likeness (QED) is 0.0879. The number of carbonyl (C=O) groups is 1. The fourth-order valence-corrected chi connectivity index (χ4v) is 3.55.